The fourth-order valence-corrected chi connectivity index (χ4v) is 6.92. The molecule has 0 spiro atoms. The Kier molecular flexibility index (Phi) is 7.21. The minimum atomic E-state index is -0.481. The number of halogens is 2. The molecule has 1 saturated heterocycles. The molecule has 2 aliphatic heterocycles. The second kappa shape index (κ2) is 11.3. The van der Waals surface area contributed by atoms with E-state index in [1.54, 1.807) is 25.1 Å². The normalized spacial score (nSPS) is 15.5. The van der Waals surface area contributed by atoms with Gasteiger partial charge in [-0.15, -0.1) is 21.5 Å². The molecule has 1 N–H and O–H groups in total. The molecule has 0 saturated carbocycles. The molecular weight excluding hydrogens is 586 g/mol. The van der Waals surface area contributed by atoms with Gasteiger partial charge in [0.25, 0.3) is 11.8 Å². The molecule has 0 bridgehead atoms. The molecule has 9 nitrogen and oxygen atoms in total. The predicted molar refractivity (Wildman–Crippen MR) is 158 cm³/mol. The number of carbonyl (C=O) groups excluding carboxylic acids is 2. The highest BCUT2D eigenvalue weighted by molar-refractivity contribution is 7.17. The van der Waals surface area contributed by atoms with Gasteiger partial charge in [0, 0.05) is 36.7 Å². The SMILES string of the molecule is Cc1nnc(-c2c(CCc3ccc(F)cc3)nc3c(c2-c2ccc(C(=O)NCc4cncc(F)c4)s2)C(=O)N2CCC[C@@H]32)o1. The summed E-state index contributed by atoms with van der Waals surface area (Å²) < 4.78 is 33.1. The van der Waals surface area contributed by atoms with Gasteiger partial charge in [-0.2, -0.15) is 0 Å². The molecule has 1 atom stereocenters. The maximum atomic E-state index is 13.9. The van der Waals surface area contributed by atoms with Crippen molar-refractivity contribution in [1.29, 1.82) is 0 Å². The molecule has 6 heterocycles. The van der Waals surface area contributed by atoms with E-state index in [0.717, 1.165) is 30.3 Å². The summed E-state index contributed by atoms with van der Waals surface area (Å²) >= 11 is 1.24. The summed E-state index contributed by atoms with van der Waals surface area (Å²) in [7, 11) is 0. The zero-order chi connectivity index (χ0) is 30.4. The van der Waals surface area contributed by atoms with Crippen molar-refractivity contribution in [3.8, 4) is 21.9 Å². The lowest BCUT2D eigenvalue weighted by Crippen LogP contribution is -2.23. The van der Waals surface area contributed by atoms with Gasteiger partial charge in [-0.3, -0.25) is 19.6 Å². The number of hydrogen-bond donors (Lipinski definition) is 1. The largest absolute Gasteiger partial charge is 0.421 e. The van der Waals surface area contributed by atoms with Gasteiger partial charge >= 0.3 is 0 Å². The third-order valence-electron chi connectivity index (χ3n) is 7.94. The number of pyridine rings is 2. The van der Waals surface area contributed by atoms with Crippen molar-refractivity contribution in [2.75, 3.05) is 6.54 Å². The van der Waals surface area contributed by atoms with Gasteiger partial charge in [-0.25, -0.2) is 8.78 Å². The summed E-state index contributed by atoms with van der Waals surface area (Å²) in [5.74, 6) is -0.634. The third kappa shape index (κ3) is 5.15. The summed E-state index contributed by atoms with van der Waals surface area (Å²) in [5.41, 5.74) is 4.54. The van der Waals surface area contributed by atoms with Gasteiger partial charge < -0.3 is 14.6 Å². The lowest BCUT2D eigenvalue weighted by Gasteiger charge is -2.16. The average Bonchev–Trinajstić information content (AvgIpc) is 3.82. The van der Waals surface area contributed by atoms with Crippen LogP contribution in [-0.4, -0.2) is 43.4 Å². The van der Waals surface area contributed by atoms with Crippen LogP contribution >= 0.6 is 11.3 Å². The minimum Gasteiger partial charge on any atom is -0.421 e. The maximum absolute atomic E-state index is 13.9. The first kappa shape index (κ1) is 28.0. The van der Waals surface area contributed by atoms with E-state index in [1.165, 1.54) is 35.7 Å². The zero-order valence-electron chi connectivity index (χ0n) is 23.6. The van der Waals surface area contributed by atoms with E-state index in [4.69, 9.17) is 9.40 Å². The number of rotatable bonds is 8. The molecule has 12 heteroatoms. The molecule has 2 aliphatic rings. The van der Waals surface area contributed by atoms with Crippen LogP contribution < -0.4 is 5.32 Å². The summed E-state index contributed by atoms with van der Waals surface area (Å²) in [6.07, 6.45) is 5.35. The Morgan fingerprint density at radius 1 is 1.02 bits per heavy atom. The van der Waals surface area contributed by atoms with E-state index >= 15 is 0 Å². The van der Waals surface area contributed by atoms with E-state index in [-0.39, 0.29) is 36.1 Å². The van der Waals surface area contributed by atoms with Gasteiger partial charge in [-0.1, -0.05) is 12.1 Å². The highest BCUT2D eigenvalue weighted by Gasteiger charge is 2.44. The molecule has 44 heavy (non-hydrogen) atoms. The molecule has 1 aromatic carbocycles. The molecule has 2 amide bonds. The Bertz CT molecular complexity index is 1900. The lowest BCUT2D eigenvalue weighted by atomic mass is 9.93. The number of aryl methyl sites for hydroxylation is 3. The molecule has 4 aromatic heterocycles. The smallest absolute Gasteiger partial charge is 0.261 e. The molecule has 7 rings (SSSR count). The van der Waals surface area contributed by atoms with Crippen molar-refractivity contribution < 1.29 is 22.8 Å². The molecular formula is C32H26F2N6O3S. The second-order valence-corrected chi connectivity index (χ2v) is 11.9. The van der Waals surface area contributed by atoms with Crippen LogP contribution in [0, 0.1) is 18.6 Å². The fourth-order valence-electron chi connectivity index (χ4n) is 5.94. The number of hydrogen-bond acceptors (Lipinski definition) is 8. The van der Waals surface area contributed by atoms with Gasteiger partial charge in [-0.05, 0) is 67.1 Å². The van der Waals surface area contributed by atoms with Crippen LogP contribution in [0.3, 0.4) is 0 Å². The summed E-state index contributed by atoms with van der Waals surface area (Å²) in [6, 6.07) is 11.0. The second-order valence-electron chi connectivity index (χ2n) is 10.8. The van der Waals surface area contributed by atoms with Crippen LogP contribution in [0.5, 0.6) is 0 Å². The lowest BCUT2D eigenvalue weighted by molar-refractivity contribution is 0.0776. The van der Waals surface area contributed by atoms with E-state index in [0.29, 0.717) is 63.0 Å². The Morgan fingerprint density at radius 3 is 2.64 bits per heavy atom. The number of nitrogens with zero attached hydrogens (tertiary/aromatic N) is 5. The summed E-state index contributed by atoms with van der Waals surface area (Å²) in [6.45, 7) is 2.45. The first-order valence-electron chi connectivity index (χ1n) is 14.3. The van der Waals surface area contributed by atoms with Crippen molar-refractivity contribution in [2.24, 2.45) is 0 Å². The minimum absolute atomic E-state index is 0.106. The van der Waals surface area contributed by atoms with Crippen molar-refractivity contribution in [1.82, 2.24) is 30.4 Å². The standard InChI is InChI=1S/C32H26F2N6O3S/c1-17-38-39-31(43-17)26-22(9-6-18-4-7-20(33)8-5-18)37-29-23-3-2-12-40(23)32(42)28(29)27(26)24-10-11-25(44-24)30(41)36-15-19-13-21(34)16-35-14-19/h4-5,7-8,10-11,13-14,16,23H,2-3,6,9,12,15H2,1H3,(H,36,41)/t23-/m0/s1. The van der Waals surface area contributed by atoms with Crippen LogP contribution in [0.4, 0.5) is 8.78 Å². The fraction of sp³-hybridized carbons (Fsp3) is 0.250. The number of thiophene rings is 1. The topological polar surface area (TPSA) is 114 Å². The third-order valence-corrected chi connectivity index (χ3v) is 9.04. The highest BCUT2D eigenvalue weighted by atomic mass is 32.1. The average molecular weight is 613 g/mol. The monoisotopic (exact) mass is 612 g/mol. The van der Waals surface area contributed by atoms with Crippen molar-refractivity contribution >= 4 is 23.2 Å². The number of carbonyl (C=O) groups is 2. The summed E-state index contributed by atoms with van der Waals surface area (Å²) in [4.78, 5) is 38.9. The number of nitrogens with one attached hydrogen (secondary N) is 1. The van der Waals surface area contributed by atoms with Crippen molar-refractivity contribution in [3.05, 3.63) is 105 Å². The van der Waals surface area contributed by atoms with E-state index in [1.807, 2.05) is 11.0 Å². The van der Waals surface area contributed by atoms with Gasteiger partial charge in [0.05, 0.1) is 39.6 Å². The Hall–Kier alpha value is -4.84. The molecule has 0 radical (unpaired) electrons. The van der Waals surface area contributed by atoms with Crippen LogP contribution in [-0.2, 0) is 19.4 Å². The van der Waals surface area contributed by atoms with Gasteiger partial charge in [0.2, 0.25) is 11.8 Å². The van der Waals surface area contributed by atoms with Crippen molar-refractivity contribution in [3.63, 3.8) is 0 Å². The van der Waals surface area contributed by atoms with Gasteiger partial charge in [0.15, 0.2) is 0 Å². The first-order chi connectivity index (χ1) is 21.4. The number of benzene rings is 1. The first-order valence-corrected chi connectivity index (χ1v) is 15.1. The predicted octanol–water partition coefficient (Wildman–Crippen LogP) is 5.85. The highest BCUT2D eigenvalue weighted by Crippen LogP contribution is 2.49. The Labute approximate surface area is 255 Å². The van der Waals surface area contributed by atoms with E-state index in [2.05, 4.69) is 20.5 Å². The maximum Gasteiger partial charge on any atom is 0.261 e. The molecule has 1 fully saturated rings. The molecule has 0 unspecified atom stereocenters. The Balaban J connectivity index is 1.32. The summed E-state index contributed by atoms with van der Waals surface area (Å²) in [5, 5.41) is 11.2. The van der Waals surface area contributed by atoms with Crippen LogP contribution in [0.15, 0.2) is 59.3 Å². The van der Waals surface area contributed by atoms with Crippen molar-refractivity contribution in [2.45, 2.75) is 45.2 Å². The van der Waals surface area contributed by atoms with Gasteiger partial charge in [0.1, 0.15) is 11.6 Å². The quantitative estimate of drug-likeness (QED) is 0.234. The van der Waals surface area contributed by atoms with Crippen LogP contribution in [0.25, 0.3) is 21.9 Å². The van der Waals surface area contributed by atoms with Crippen LogP contribution in [0.1, 0.15) is 67.3 Å². The molecule has 222 valence electrons. The van der Waals surface area contributed by atoms with E-state index in [9.17, 15) is 18.4 Å². The van der Waals surface area contributed by atoms with Crippen LogP contribution in [0.2, 0.25) is 0 Å². The molecule has 0 aliphatic carbocycles. The molecule has 5 aromatic rings. The number of fused-ring (bicyclic) bond motifs is 3. The number of amides is 2. The zero-order valence-corrected chi connectivity index (χ0v) is 24.5. The Morgan fingerprint density at radius 2 is 1.86 bits per heavy atom. The van der Waals surface area contributed by atoms with E-state index < -0.39 is 5.82 Å². The number of aromatic nitrogens is 4.